The molecule has 0 atom stereocenters. The highest BCUT2D eigenvalue weighted by Gasteiger charge is 2.33. The second kappa shape index (κ2) is 9.22. The quantitative estimate of drug-likeness (QED) is 0.436. The van der Waals surface area contributed by atoms with E-state index in [1.165, 1.54) is 12.3 Å². The van der Waals surface area contributed by atoms with Crippen molar-refractivity contribution in [3.8, 4) is 0 Å². The van der Waals surface area contributed by atoms with Crippen LogP contribution in [0, 0.1) is 0 Å². The number of aromatic amines is 1. The second-order valence-electron chi connectivity index (χ2n) is 8.83. The summed E-state index contributed by atoms with van der Waals surface area (Å²) in [6.45, 7) is 5.26. The highest BCUT2D eigenvalue weighted by atomic mass is 19.4. The topological polar surface area (TPSA) is 73.0 Å². The molecule has 3 aromatic rings. The Morgan fingerprint density at radius 1 is 1.17 bits per heavy atom. The highest BCUT2D eigenvalue weighted by Crippen LogP contribution is 2.41. The molecule has 0 saturated carbocycles. The summed E-state index contributed by atoms with van der Waals surface area (Å²) >= 11 is 0. The number of aromatic nitrogens is 2. The molecule has 182 valence electrons. The molecule has 2 aliphatic rings. The van der Waals surface area contributed by atoms with Gasteiger partial charge in [-0.05, 0) is 55.3 Å². The van der Waals surface area contributed by atoms with Crippen LogP contribution in [0.15, 0.2) is 54.9 Å². The number of amides is 1. The van der Waals surface area contributed by atoms with E-state index in [0.29, 0.717) is 34.3 Å². The molecular formula is C26H26F3N5O. The minimum atomic E-state index is -4.50. The summed E-state index contributed by atoms with van der Waals surface area (Å²) in [6, 6.07) is 10.9. The maximum atomic E-state index is 13.5. The number of carbonyl (C=O) groups excluding carboxylic acids is 1. The number of anilines is 2. The minimum Gasteiger partial charge on any atom is -0.382 e. The van der Waals surface area contributed by atoms with E-state index in [1.807, 2.05) is 18.2 Å². The van der Waals surface area contributed by atoms with E-state index < -0.39 is 11.7 Å². The van der Waals surface area contributed by atoms with Crippen LogP contribution < -0.4 is 10.6 Å². The van der Waals surface area contributed by atoms with Crippen molar-refractivity contribution >= 4 is 28.4 Å². The summed E-state index contributed by atoms with van der Waals surface area (Å²) in [5.74, 6) is -0.0511. The fourth-order valence-corrected chi connectivity index (χ4v) is 4.79. The van der Waals surface area contributed by atoms with Gasteiger partial charge in [-0.15, -0.1) is 0 Å². The molecule has 3 N–H and O–H groups in total. The first-order valence-electron chi connectivity index (χ1n) is 11.7. The first-order chi connectivity index (χ1) is 16.8. The number of nitrogens with zero attached hydrogens (tertiary/aromatic N) is 2. The van der Waals surface area contributed by atoms with E-state index >= 15 is 0 Å². The SMILES string of the molecule is CCN1CCC(Nc2ccc3c(c2)C(=C(c2cccc(C(F)(F)F)c2)c2ncc[nH]2)C(=O)N3)CC1. The van der Waals surface area contributed by atoms with Crippen molar-refractivity contribution in [1.29, 1.82) is 0 Å². The van der Waals surface area contributed by atoms with Crippen molar-refractivity contribution < 1.29 is 18.0 Å². The fourth-order valence-electron chi connectivity index (χ4n) is 4.79. The third-order valence-corrected chi connectivity index (χ3v) is 6.63. The molecule has 35 heavy (non-hydrogen) atoms. The summed E-state index contributed by atoms with van der Waals surface area (Å²) < 4.78 is 40.4. The number of piperidine rings is 1. The van der Waals surface area contributed by atoms with E-state index in [9.17, 15) is 18.0 Å². The zero-order valence-electron chi connectivity index (χ0n) is 19.2. The number of halogens is 3. The van der Waals surface area contributed by atoms with Gasteiger partial charge in [0.1, 0.15) is 5.82 Å². The third kappa shape index (κ3) is 4.68. The minimum absolute atomic E-state index is 0.262. The van der Waals surface area contributed by atoms with Gasteiger partial charge in [0.25, 0.3) is 5.91 Å². The van der Waals surface area contributed by atoms with Crippen LogP contribution in [0.5, 0.6) is 0 Å². The molecular weight excluding hydrogens is 455 g/mol. The molecule has 9 heteroatoms. The number of nitrogens with one attached hydrogen (secondary N) is 3. The Bertz CT molecular complexity index is 1260. The van der Waals surface area contributed by atoms with E-state index in [1.54, 1.807) is 12.3 Å². The predicted molar refractivity (Wildman–Crippen MR) is 130 cm³/mol. The van der Waals surface area contributed by atoms with E-state index in [2.05, 4.69) is 32.4 Å². The van der Waals surface area contributed by atoms with Crippen LogP contribution in [0.25, 0.3) is 11.1 Å². The summed E-state index contributed by atoms with van der Waals surface area (Å²) in [5.41, 5.74) is 2.22. The molecule has 1 amide bonds. The van der Waals surface area contributed by atoms with E-state index in [-0.39, 0.29) is 11.5 Å². The van der Waals surface area contributed by atoms with Crippen molar-refractivity contribution in [2.45, 2.75) is 32.0 Å². The summed E-state index contributed by atoms with van der Waals surface area (Å²) in [7, 11) is 0. The number of rotatable bonds is 5. The van der Waals surface area contributed by atoms with E-state index in [4.69, 9.17) is 0 Å². The van der Waals surface area contributed by atoms with Crippen LogP contribution in [0.4, 0.5) is 24.5 Å². The Hall–Kier alpha value is -3.59. The van der Waals surface area contributed by atoms with Gasteiger partial charge in [0.15, 0.2) is 0 Å². The molecule has 0 radical (unpaired) electrons. The number of hydrogen-bond donors (Lipinski definition) is 3. The lowest BCUT2D eigenvalue weighted by Crippen LogP contribution is -2.38. The summed E-state index contributed by atoms with van der Waals surface area (Å²) in [6.07, 6.45) is 0.629. The van der Waals surface area contributed by atoms with Crippen LogP contribution in [0.3, 0.4) is 0 Å². The number of imidazole rings is 1. The molecule has 1 aromatic heterocycles. The predicted octanol–water partition coefficient (Wildman–Crippen LogP) is 5.24. The summed E-state index contributed by atoms with van der Waals surface area (Å²) in [4.78, 5) is 22.8. The van der Waals surface area contributed by atoms with Crippen LogP contribution in [0.1, 0.15) is 42.3 Å². The molecule has 3 heterocycles. The molecule has 5 rings (SSSR count). The van der Waals surface area contributed by atoms with Gasteiger partial charge < -0.3 is 20.5 Å². The lowest BCUT2D eigenvalue weighted by Gasteiger charge is -2.32. The first kappa shape index (κ1) is 23.2. The molecule has 1 fully saturated rings. The van der Waals surface area contributed by atoms with Crippen LogP contribution in [-0.4, -0.2) is 46.5 Å². The number of alkyl halides is 3. The maximum Gasteiger partial charge on any atom is 0.416 e. The largest absolute Gasteiger partial charge is 0.416 e. The number of carbonyl (C=O) groups is 1. The zero-order chi connectivity index (χ0) is 24.6. The molecule has 2 aliphatic heterocycles. The van der Waals surface area contributed by atoms with Gasteiger partial charge in [-0.1, -0.05) is 19.1 Å². The summed E-state index contributed by atoms with van der Waals surface area (Å²) in [5, 5.41) is 6.43. The molecule has 0 bridgehead atoms. The zero-order valence-corrected chi connectivity index (χ0v) is 19.2. The molecule has 2 aromatic carbocycles. The Morgan fingerprint density at radius 3 is 2.66 bits per heavy atom. The molecule has 1 saturated heterocycles. The normalized spacial score (nSPS) is 18.3. The van der Waals surface area contributed by atoms with E-state index in [0.717, 1.165) is 50.3 Å². The lowest BCUT2D eigenvalue weighted by molar-refractivity contribution is -0.137. The van der Waals surface area contributed by atoms with Gasteiger partial charge >= 0.3 is 6.18 Å². The molecule has 0 unspecified atom stereocenters. The maximum absolute atomic E-state index is 13.5. The van der Waals surface area contributed by atoms with Crippen molar-refractivity contribution in [3.05, 3.63) is 77.4 Å². The van der Waals surface area contributed by atoms with Crippen molar-refractivity contribution in [2.24, 2.45) is 0 Å². The molecule has 0 aliphatic carbocycles. The number of H-pyrrole nitrogens is 1. The van der Waals surface area contributed by atoms with Gasteiger partial charge in [-0.25, -0.2) is 4.98 Å². The fraction of sp³-hybridized carbons (Fsp3) is 0.308. The second-order valence-corrected chi connectivity index (χ2v) is 8.83. The first-order valence-corrected chi connectivity index (χ1v) is 11.7. The number of fused-ring (bicyclic) bond motifs is 1. The standard InChI is InChI=1S/C26H26F3N5O/c1-2-34-12-8-18(9-13-34)32-19-6-7-21-20(15-19)23(25(35)33-21)22(24-30-10-11-31-24)16-4-3-5-17(14-16)26(27,28)29/h3-7,10-11,14-15,18,32H,2,8-9,12-13H2,1H3,(H,30,31)(H,33,35). The Kier molecular flexibility index (Phi) is 6.10. The Morgan fingerprint density at radius 2 is 1.97 bits per heavy atom. The van der Waals surface area contributed by atoms with Crippen LogP contribution in [0.2, 0.25) is 0 Å². The van der Waals surface area contributed by atoms with Crippen molar-refractivity contribution in [1.82, 2.24) is 14.9 Å². The van der Waals surface area contributed by atoms with Gasteiger partial charge in [-0.3, -0.25) is 4.79 Å². The Balaban J connectivity index is 1.57. The van der Waals surface area contributed by atoms with Crippen LogP contribution >= 0.6 is 0 Å². The highest BCUT2D eigenvalue weighted by molar-refractivity contribution is 6.38. The van der Waals surface area contributed by atoms with Crippen LogP contribution in [-0.2, 0) is 11.0 Å². The van der Waals surface area contributed by atoms with Crippen molar-refractivity contribution in [2.75, 3.05) is 30.3 Å². The average molecular weight is 482 g/mol. The Labute approximate surface area is 201 Å². The number of likely N-dealkylation sites (tertiary alicyclic amines) is 1. The van der Waals surface area contributed by atoms with Gasteiger partial charge in [0.05, 0.1) is 11.1 Å². The average Bonchev–Trinajstić information content (AvgIpc) is 3.48. The number of hydrogen-bond acceptors (Lipinski definition) is 4. The van der Waals surface area contributed by atoms with Crippen molar-refractivity contribution in [3.63, 3.8) is 0 Å². The lowest BCUT2D eigenvalue weighted by atomic mass is 9.93. The van der Waals surface area contributed by atoms with Gasteiger partial charge in [-0.2, -0.15) is 13.2 Å². The van der Waals surface area contributed by atoms with Gasteiger partial charge in [0.2, 0.25) is 0 Å². The third-order valence-electron chi connectivity index (χ3n) is 6.63. The monoisotopic (exact) mass is 481 g/mol. The number of benzene rings is 2. The molecule has 0 spiro atoms. The molecule has 6 nitrogen and oxygen atoms in total. The smallest absolute Gasteiger partial charge is 0.382 e. The van der Waals surface area contributed by atoms with Gasteiger partial charge in [0, 0.05) is 54.0 Å².